The Balaban J connectivity index is 1.99. The zero-order chi connectivity index (χ0) is 12.5. The van der Waals surface area contributed by atoms with Gasteiger partial charge in [-0.15, -0.1) is 21.5 Å². The summed E-state index contributed by atoms with van der Waals surface area (Å²) in [6.45, 7) is 0.402. The summed E-state index contributed by atoms with van der Waals surface area (Å²) in [6, 6.07) is 1.84. The van der Waals surface area contributed by atoms with Crippen LogP contribution in [0.25, 0.3) is 10.2 Å². The number of hydrogen-bond donors (Lipinski definition) is 1. The second kappa shape index (κ2) is 4.46. The largest absolute Gasteiger partial charge is 0.363 e. The van der Waals surface area contributed by atoms with E-state index in [0.29, 0.717) is 11.2 Å². The predicted octanol–water partition coefficient (Wildman–Crippen LogP) is 1.40. The van der Waals surface area contributed by atoms with Crippen molar-refractivity contribution in [3.05, 3.63) is 33.1 Å². The van der Waals surface area contributed by atoms with Gasteiger partial charge >= 0.3 is 0 Å². The molecule has 0 amide bonds. The average molecular weight is 279 g/mol. The monoisotopic (exact) mass is 279 g/mol. The highest BCUT2D eigenvalue weighted by Gasteiger charge is 2.08. The molecule has 3 aromatic heterocycles. The van der Waals surface area contributed by atoms with Crippen molar-refractivity contribution in [2.45, 2.75) is 6.54 Å². The van der Waals surface area contributed by atoms with Crippen molar-refractivity contribution >= 4 is 38.0 Å². The van der Waals surface area contributed by atoms with Gasteiger partial charge in [0.1, 0.15) is 9.71 Å². The van der Waals surface area contributed by atoms with Crippen LogP contribution in [0.15, 0.2) is 22.6 Å². The Morgan fingerprint density at radius 2 is 2.33 bits per heavy atom. The Bertz CT molecular complexity index is 744. The lowest BCUT2D eigenvalue weighted by Gasteiger charge is -2.01. The van der Waals surface area contributed by atoms with Gasteiger partial charge in [0.2, 0.25) is 5.13 Å². The van der Waals surface area contributed by atoms with Crippen LogP contribution in [0.2, 0.25) is 0 Å². The highest BCUT2D eigenvalue weighted by Crippen LogP contribution is 2.16. The van der Waals surface area contributed by atoms with Gasteiger partial charge in [-0.2, -0.15) is 0 Å². The highest BCUT2D eigenvalue weighted by atomic mass is 32.1. The van der Waals surface area contributed by atoms with Crippen LogP contribution in [0.1, 0.15) is 5.01 Å². The number of fused-ring (bicyclic) bond motifs is 1. The van der Waals surface area contributed by atoms with Crippen LogP contribution in [0.3, 0.4) is 0 Å². The summed E-state index contributed by atoms with van der Waals surface area (Å²) in [5.41, 5.74) is 0.714. The standard InChI is InChI=1S/C10H9N5OS2/c1-11-10-14-13-7(18-10)4-15-5-12-6-2-3-17-8(6)9(15)16/h2-3,5H,4H2,1H3,(H,11,14). The molecule has 0 fully saturated rings. The first-order valence-corrected chi connectivity index (χ1v) is 6.90. The lowest BCUT2D eigenvalue weighted by atomic mass is 10.4. The first-order chi connectivity index (χ1) is 8.78. The maximum atomic E-state index is 12.1. The van der Waals surface area contributed by atoms with Crippen molar-refractivity contribution in [1.82, 2.24) is 19.7 Å². The van der Waals surface area contributed by atoms with Crippen LogP contribution >= 0.6 is 22.7 Å². The minimum absolute atomic E-state index is 0.0313. The molecule has 8 heteroatoms. The van der Waals surface area contributed by atoms with Gasteiger partial charge in [-0.25, -0.2) is 4.98 Å². The molecule has 0 bridgehead atoms. The van der Waals surface area contributed by atoms with E-state index in [1.807, 2.05) is 11.4 Å². The van der Waals surface area contributed by atoms with E-state index in [-0.39, 0.29) is 5.56 Å². The molecule has 1 N–H and O–H groups in total. The highest BCUT2D eigenvalue weighted by molar-refractivity contribution is 7.17. The van der Waals surface area contributed by atoms with E-state index in [9.17, 15) is 4.79 Å². The lowest BCUT2D eigenvalue weighted by Crippen LogP contribution is -2.20. The normalized spacial score (nSPS) is 10.9. The van der Waals surface area contributed by atoms with Crippen molar-refractivity contribution in [3.63, 3.8) is 0 Å². The molecular weight excluding hydrogens is 270 g/mol. The summed E-state index contributed by atoms with van der Waals surface area (Å²) in [7, 11) is 1.79. The zero-order valence-electron chi connectivity index (χ0n) is 9.45. The topological polar surface area (TPSA) is 72.7 Å². The van der Waals surface area contributed by atoms with Gasteiger partial charge in [0, 0.05) is 7.05 Å². The molecule has 0 saturated heterocycles. The van der Waals surface area contributed by atoms with Crippen molar-refractivity contribution < 1.29 is 0 Å². The summed E-state index contributed by atoms with van der Waals surface area (Å²) in [4.78, 5) is 16.4. The number of aromatic nitrogens is 4. The fourth-order valence-corrected chi connectivity index (χ4v) is 3.04. The second-order valence-corrected chi connectivity index (χ2v) is 5.54. The summed E-state index contributed by atoms with van der Waals surface area (Å²) in [5, 5.41) is 14.3. The van der Waals surface area contributed by atoms with Crippen LogP contribution in [0.5, 0.6) is 0 Å². The fraction of sp³-hybridized carbons (Fsp3) is 0.200. The van der Waals surface area contributed by atoms with Gasteiger partial charge in [-0.05, 0) is 11.4 Å². The molecule has 3 heterocycles. The fourth-order valence-electron chi connectivity index (χ4n) is 1.56. The molecule has 0 spiro atoms. The Morgan fingerprint density at radius 3 is 3.11 bits per heavy atom. The number of rotatable bonds is 3. The first-order valence-electron chi connectivity index (χ1n) is 5.20. The lowest BCUT2D eigenvalue weighted by molar-refractivity contribution is 0.735. The van der Waals surface area contributed by atoms with Crippen LogP contribution in [-0.4, -0.2) is 26.8 Å². The summed E-state index contributed by atoms with van der Waals surface area (Å²) in [6.07, 6.45) is 1.55. The van der Waals surface area contributed by atoms with Gasteiger partial charge in [-0.3, -0.25) is 9.36 Å². The molecule has 3 aromatic rings. The zero-order valence-corrected chi connectivity index (χ0v) is 11.1. The summed E-state index contributed by atoms with van der Waals surface area (Å²) in [5.74, 6) is 0. The summed E-state index contributed by atoms with van der Waals surface area (Å²) < 4.78 is 2.23. The van der Waals surface area contributed by atoms with E-state index >= 15 is 0 Å². The maximum absolute atomic E-state index is 12.1. The van der Waals surface area contributed by atoms with Crippen molar-refractivity contribution in [3.8, 4) is 0 Å². The van der Waals surface area contributed by atoms with E-state index in [1.54, 1.807) is 17.9 Å². The van der Waals surface area contributed by atoms with Crippen LogP contribution < -0.4 is 10.9 Å². The molecule has 0 atom stereocenters. The van der Waals surface area contributed by atoms with Crippen molar-refractivity contribution in [1.29, 1.82) is 0 Å². The molecule has 0 aliphatic rings. The minimum Gasteiger partial charge on any atom is -0.363 e. The van der Waals surface area contributed by atoms with Gasteiger partial charge in [0.15, 0.2) is 0 Å². The Hall–Kier alpha value is -1.80. The molecule has 3 rings (SSSR count). The summed E-state index contributed by atoms with van der Waals surface area (Å²) >= 11 is 2.83. The third-order valence-corrected chi connectivity index (χ3v) is 4.24. The Kier molecular flexibility index (Phi) is 2.80. The molecule has 0 aliphatic heterocycles. The number of anilines is 1. The van der Waals surface area contributed by atoms with Gasteiger partial charge in [0.05, 0.1) is 18.4 Å². The maximum Gasteiger partial charge on any atom is 0.271 e. The minimum atomic E-state index is -0.0313. The molecule has 6 nitrogen and oxygen atoms in total. The molecule has 0 radical (unpaired) electrons. The quantitative estimate of drug-likeness (QED) is 0.784. The molecule has 0 unspecified atom stereocenters. The number of hydrogen-bond acceptors (Lipinski definition) is 7. The van der Waals surface area contributed by atoms with Crippen LogP contribution in [0, 0.1) is 0 Å². The number of thiophene rings is 1. The third-order valence-electron chi connectivity index (χ3n) is 2.42. The first kappa shape index (κ1) is 11.3. The second-order valence-electron chi connectivity index (χ2n) is 3.56. The molecule has 0 aromatic carbocycles. The molecule has 0 saturated carbocycles. The number of nitrogens with one attached hydrogen (secondary N) is 1. The third kappa shape index (κ3) is 1.89. The van der Waals surface area contributed by atoms with Crippen LogP contribution in [0.4, 0.5) is 5.13 Å². The van der Waals surface area contributed by atoms with E-state index in [1.165, 1.54) is 22.7 Å². The average Bonchev–Trinajstić information content (AvgIpc) is 3.01. The Labute approximate surface area is 110 Å². The predicted molar refractivity (Wildman–Crippen MR) is 72.4 cm³/mol. The van der Waals surface area contributed by atoms with E-state index < -0.39 is 0 Å². The van der Waals surface area contributed by atoms with E-state index in [2.05, 4.69) is 20.5 Å². The van der Waals surface area contributed by atoms with Crippen LogP contribution in [-0.2, 0) is 6.54 Å². The van der Waals surface area contributed by atoms with Gasteiger partial charge in [0.25, 0.3) is 5.56 Å². The van der Waals surface area contributed by atoms with Crippen molar-refractivity contribution in [2.75, 3.05) is 12.4 Å². The van der Waals surface area contributed by atoms with Gasteiger partial charge in [-0.1, -0.05) is 11.3 Å². The van der Waals surface area contributed by atoms with E-state index in [4.69, 9.17) is 0 Å². The molecule has 0 aliphatic carbocycles. The SMILES string of the molecule is CNc1nnc(Cn2cnc3ccsc3c2=O)s1. The van der Waals surface area contributed by atoms with Gasteiger partial charge < -0.3 is 5.32 Å². The molecule has 18 heavy (non-hydrogen) atoms. The van der Waals surface area contributed by atoms with E-state index in [0.717, 1.165) is 15.7 Å². The smallest absolute Gasteiger partial charge is 0.271 e. The number of nitrogens with zero attached hydrogens (tertiary/aromatic N) is 4. The van der Waals surface area contributed by atoms with Crippen molar-refractivity contribution in [2.24, 2.45) is 0 Å². The molecule has 92 valence electrons. The Morgan fingerprint density at radius 1 is 1.44 bits per heavy atom. The molecular formula is C10H9N5OS2.